The summed E-state index contributed by atoms with van der Waals surface area (Å²) in [4.78, 5) is 75.0. The Hall–Kier alpha value is -3.70. The first-order valence-corrected chi connectivity index (χ1v) is 15.4. The Bertz CT molecular complexity index is 879. The van der Waals surface area contributed by atoms with Crippen molar-refractivity contribution < 1.29 is 57.2 Å². The monoisotopic (exact) mass is 626 g/mol. The zero-order valence-electron chi connectivity index (χ0n) is 26.8. The first kappa shape index (κ1) is 40.3. The number of carbonyl (C=O) groups is 6. The van der Waals surface area contributed by atoms with Crippen LogP contribution in [0.25, 0.3) is 0 Å². The van der Waals surface area contributed by atoms with Gasteiger partial charge in [-0.05, 0) is 25.7 Å². The standard InChI is InChI=1S/C32H50O12/c1-7-11-15-39-27(33)21-25(31(37)41-17-13-9-3)23(5)29(35)43-19-20-44-30(36)24(6)26(32(38)42-18-14-10-4)22-28(34)40-16-12-8-2/h25-26H,5-22H2,1-4H3. The van der Waals surface area contributed by atoms with Gasteiger partial charge < -0.3 is 28.4 Å². The van der Waals surface area contributed by atoms with Crippen LogP contribution in [0.3, 0.4) is 0 Å². The maximum Gasteiger partial charge on any atom is 0.334 e. The van der Waals surface area contributed by atoms with E-state index in [9.17, 15) is 28.8 Å². The molecular weight excluding hydrogens is 576 g/mol. The molecule has 0 saturated carbocycles. The summed E-state index contributed by atoms with van der Waals surface area (Å²) in [6.07, 6.45) is 4.76. The lowest BCUT2D eigenvalue weighted by molar-refractivity contribution is -0.157. The fraction of sp³-hybridized carbons (Fsp3) is 0.688. The largest absolute Gasteiger partial charge is 0.466 e. The molecule has 0 aliphatic carbocycles. The van der Waals surface area contributed by atoms with Gasteiger partial charge in [-0.3, -0.25) is 19.2 Å². The van der Waals surface area contributed by atoms with Gasteiger partial charge in [0.05, 0.1) is 51.1 Å². The van der Waals surface area contributed by atoms with Gasteiger partial charge in [0.2, 0.25) is 0 Å². The van der Waals surface area contributed by atoms with E-state index in [-0.39, 0.29) is 37.6 Å². The van der Waals surface area contributed by atoms with Crippen molar-refractivity contribution in [2.24, 2.45) is 11.8 Å². The van der Waals surface area contributed by atoms with Crippen LogP contribution in [-0.4, -0.2) is 75.5 Å². The van der Waals surface area contributed by atoms with E-state index >= 15 is 0 Å². The van der Waals surface area contributed by atoms with Crippen LogP contribution in [0, 0.1) is 11.8 Å². The van der Waals surface area contributed by atoms with Crippen molar-refractivity contribution in [1.82, 2.24) is 0 Å². The molecule has 0 amide bonds. The van der Waals surface area contributed by atoms with Gasteiger partial charge in [0, 0.05) is 11.1 Å². The molecule has 12 heteroatoms. The Kier molecular flexibility index (Phi) is 22.6. The highest BCUT2D eigenvalue weighted by Crippen LogP contribution is 2.20. The molecule has 0 fully saturated rings. The highest BCUT2D eigenvalue weighted by Gasteiger charge is 2.33. The molecule has 12 nitrogen and oxygen atoms in total. The van der Waals surface area contributed by atoms with Crippen molar-refractivity contribution >= 4 is 35.8 Å². The molecule has 0 aromatic heterocycles. The molecule has 0 aliphatic rings. The minimum Gasteiger partial charge on any atom is -0.466 e. The van der Waals surface area contributed by atoms with Gasteiger partial charge in [-0.2, -0.15) is 0 Å². The molecule has 250 valence electrons. The van der Waals surface area contributed by atoms with Crippen LogP contribution in [-0.2, 0) is 57.2 Å². The van der Waals surface area contributed by atoms with Gasteiger partial charge >= 0.3 is 35.8 Å². The van der Waals surface area contributed by atoms with E-state index in [0.29, 0.717) is 25.7 Å². The molecule has 0 aliphatic heterocycles. The van der Waals surface area contributed by atoms with Crippen LogP contribution in [0.5, 0.6) is 0 Å². The molecule has 0 aromatic carbocycles. The van der Waals surface area contributed by atoms with Gasteiger partial charge in [-0.15, -0.1) is 0 Å². The number of hydrogen-bond donors (Lipinski definition) is 0. The van der Waals surface area contributed by atoms with Crippen LogP contribution >= 0.6 is 0 Å². The van der Waals surface area contributed by atoms with Crippen molar-refractivity contribution in [3.63, 3.8) is 0 Å². The zero-order chi connectivity index (χ0) is 33.3. The lowest BCUT2D eigenvalue weighted by Gasteiger charge is -2.18. The maximum atomic E-state index is 12.6. The lowest BCUT2D eigenvalue weighted by Crippen LogP contribution is -2.29. The number of esters is 6. The van der Waals surface area contributed by atoms with Crippen molar-refractivity contribution in [2.75, 3.05) is 39.6 Å². The molecule has 0 aromatic rings. The minimum atomic E-state index is -1.31. The molecule has 0 bridgehead atoms. The minimum absolute atomic E-state index is 0.114. The van der Waals surface area contributed by atoms with Crippen molar-refractivity contribution in [3.8, 4) is 0 Å². The normalized spacial score (nSPS) is 11.8. The fourth-order valence-electron chi connectivity index (χ4n) is 3.38. The first-order valence-electron chi connectivity index (χ1n) is 15.4. The highest BCUT2D eigenvalue weighted by molar-refractivity contribution is 5.97. The molecule has 44 heavy (non-hydrogen) atoms. The summed E-state index contributed by atoms with van der Waals surface area (Å²) in [5.41, 5.74) is -0.627. The van der Waals surface area contributed by atoms with E-state index in [4.69, 9.17) is 28.4 Å². The predicted molar refractivity (Wildman–Crippen MR) is 160 cm³/mol. The smallest absolute Gasteiger partial charge is 0.334 e. The third-order valence-corrected chi connectivity index (χ3v) is 6.23. The van der Waals surface area contributed by atoms with Gasteiger partial charge in [0.25, 0.3) is 0 Å². The summed E-state index contributed by atoms with van der Waals surface area (Å²) in [6.45, 7) is 14.7. The Morgan fingerprint density at radius 1 is 0.455 bits per heavy atom. The molecule has 0 spiro atoms. The lowest BCUT2D eigenvalue weighted by atomic mass is 9.97. The number of carbonyl (C=O) groups excluding carboxylic acids is 6. The summed E-state index contributed by atoms with van der Waals surface area (Å²) < 4.78 is 30.8. The summed E-state index contributed by atoms with van der Waals surface area (Å²) in [5, 5.41) is 0. The van der Waals surface area contributed by atoms with E-state index in [1.807, 2.05) is 27.7 Å². The average molecular weight is 627 g/mol. The number of hydrogen-bond acceptors (Lipinski definition) is 12. The van der Waals surface area contributed by atoms with Crippen LogP contribution in [0.4, 0.5) is 0 Å². The van der Waals surface area contributed by atoms with Gasteiger partial charge in [0.15, 0.2) is 0 Å². The van der Waals surface area contributed by atoms with E-state index in [1.54, 1.807) is 0 Å². The molecule has 0 heterocycles. The predicted octanol–water partition coefficient (Wildman–Crippen LogP) is 4.57. The number of unbranched alkanes of at least 4 members (excludes halogenated alkanes) is 4. The van der Waals surface area contributed by atoms with Gasteiger partial charge in [-0.1, -0.05) is 66.5 Å². The van der Waals surface area contributed by atoms with Crippen LogP contribution in [0.1, 0.15) is 91.9 Å². The molecule has 0 rings (SSSR count). The Balaban J connectivity index is 5.16. The van der Waals surface area contributed by atoms with Gasteiger partial charge in [-0.25, -0.2) is 9.59 Å². The Morgan fingerprint density at radius 3 is 1.05 bits per heavy atom. The molecule has 0 saturated heterocycles. The Morgan fingerprint density at radius 2 is 0.750 bits per heavy atom. The Labute approximate surface area is 260 Å². The quantitative estimate of drug-likeness (QED) is 0.0602. The van der Waals surface area contributed by atoms with Gasteiger partial charge in [0.1, 0.15) is 13.2 Å². The third-order valence-electron chi connectivity index (χ3n) is 6.23. The average Bonchev–Trinajstić information content (AvgIpc) is 3.00. The maximum absolute atomic E-state index is 12.6. The highest BCUT2D eigenvalue weighted by atomic mass is 16.6. The molecular formula is C32H50O12. The van der Waals surface area contributed by atoms with Crippen LogP contribution in [0.2, 0.25) is 0 Å². The summed E-state index contributed by atoms with van der Waals surface area (Å²) in [6, 6.07) is 0. The molecule has 0 radical (unpaired) electrons. The fourth-order valence-corrected chi connectivity index (χ4v) is 3.38. The van der Waals surface area contributed by atoms with E-state index in [1.165, 1.54) is 0 Å². The summed E-state index contributed by atoms with van der Waals surface area (Å²) in [7, 11) is 0. The van der Waals surface area contributed by atoms with Crippen LogP contribution in [0.15, 0.2) is 24.3 Å². The SMILES string of the molecule is C=C(C(=O)OCCOC(=O)C(=C)C(CC(=O)OCCCC)C(=O)OCCCC)C(CC(=O)OCCCC)C(=O)OCCCC. The second-order valence-electron chi connectivity index (χ2n) is 10.0. The molecule has 2 atom stereocenters. The number of rotatable bonds is 25. The van der Waals surface area contributed by atoms with E-state index < -0.39 is 73.7 Å². The second-order valence-corrected chi connectivity index (χ2v) is 10.0. The summed E-state index contributed by atoms with van der Waals surface area (Å²) >= 11 is 0. The van der Waals surface area contributed by atoms with E-state index in [2.05, 4.69) is 13.2 Å². The van der Waals surface area contributed by atoms with E-state index in [0.717, 1.165) is 25.7 Å². The number of ether oxygens (including phenoxy) is 6. The summed E-state index contributed by atoms with van der Waals surface area (Å²) in [5.74, 6) is -7.60. The van der Waals surface area contributed by atoms with Crippen molar-refractivity contribution in [3.05, 3.63) is 24.3 Å². The van der Waals surface area contributed by atoms with Crippen molar-refractivity contribution in [2.45, 2.75) is 91.9 Å². The second kappa shape index (κ2) is 24.7. The molecule has 0 N–H and O–H groups in total. The zero-order valence-corrected chi connectivity index (χ0v) is 26.8. The molecule has 2 unspecified atom stereocenters. The topological polar surface area (TPSA) is 158 Å². The third kappa shape index (κ3) is 17.4. The van der Waals surface area contributed by atoms with Crippen molar-refractivity contribution in [1.29, 1.82) is 0 Å². The van der Waals surface area contributed by atoms with Crippen LogP contribution < -0.4 is 0 Å². The first-order chi connectivity index (χ1) is 21.0.